The lowest BCUT2D eigenvalue weighted by Crippen LogP contribution is -2.28. The van der Waals surface area contributed by atoms with Crippen LogP contribution in [-0.4, -0.2) is 27.6 Å². The second-order valence-corrected chi connectivity index (χ2v) is 5.08. The van der Waals surface area contributed by atoms with E-state index in [9.17, 15) is 15.0 Å². The molecule has 1 aromatic heterocycles. The van der Waals surface area contributed by atoms with E-state index < -0.39 is 12.0 Å². The number of halogens is 1. The topological polar surface area (TPSA) is 82.5 Å². The summed E-state index contributed by atoms with van der Waals surface area (Å²) < 4.78 is 0.684. The number of aromatic nitrogens is 1. The number of carbonyl (C=O) groups is 1. The average Bonchev–Trinajstić information content (AvgIpc) is 2.45. The summed E-state index contributed by atoms with van der Waals surface area (Å²) in [6.07, 6.45) is 2.32. The minimum Gasteiger partial charge on any atom is -0.507 e. The molecule has 1 heterocycles. The van der Waals surface area contributed by atoms with E-state index in [4.69, 9.17) is 0 Å². The fraction of sp³-hybridized carbons (Fsp3) is 0.143. The van der Waals surface area contributed by atoms with E-state index in [0.717, 1.165) is 0 Å². The van der Waals surface area contributed by atoms with Gasteiger partial charge in [-0.2, -0.15) is 0 Å². The standard InChI is InChI=1S/C14H13BrN2O3/c15-10-1-2-11(12(18)7-10)14(20)17-8-13(19)9-3-5-16-6-4-9/h1-7,13,18-19H,8H2,(H,17,20). The Kier molecular flexibility index (Phi) is 4.70. The summed E-state index contributed by atoms with van der Waals surface area (Å²) in [6, 6.07) is 7.96. The number of rotatable bonds is 4. The molecule has 104 valence electrons. The third-order valence-corrected chi connectivity index (χ3v) is 3.24. The molecular weight excluding hydrogens is 324 g/mol. The Balaban J connectivity index is 1.99. The van der Waals surface area contributed by atoms with Gasteiger partial charge in [-0.05, 0) is 35.9 Å². The van der Waals surface area contributed by atoms with Gasteiger partial charge >= 0.3 is 0 Å². The number of benzene rings is 1. The van der Waals surface area contributed by atoms with Crippen molar-refractivity contribution in [2.45, 2.75) is 6.10 Å². The maximum atomic E-state index is 11.9. The van der Waals surface area contributed by atoms with E-state index >= 15 is 0 Å². The molecule has 2 rings (SSSR count). The van der Waals surface area contributed by atoms with E-state index in [-0.39, 0.29) is 17.9 Å². The van der Waals surface area contributed by atoms with Crippen molar-refractivity contribution in [3.63, 3.8) is 0 Å². The summed E-state index contributed by atoms with van der Waals surface area (Å²) in [6.45, 7) is 0.0539. The van der Waals surface area contributed by atoms with E-state index in [1.165, 1.54) is 12.1 Å². The van der Waals surface area contributed by atoms with Gasteiger partial charge in [-0.1, -0.05) is 15.9 Å². The second-order valence-electron chi connectivity index (χ2n) is 4.17. The Morgan fingerprint density at radius 3 is 2.65 bits per heavy atom. The van der Waals surface area contributed by atoms with Crippen molar-refractivity contribution in [2.75, 3.05) is 6.54 Å². The number of amides is 1. The Morgan fingerprint density at radius 2 is 2.00 bits per heavy atom. The van der Waals surface area contributed by atoms with Crippen LogP contribution in [0, 0.1) is 0 Å². The number of hydrogen-bond acceptors (Lipinski definition) is 4. The summed E-state index contributed by atoms with van der Waals surface area (Å²) >= 11 is 3.20. The molecule has 2 aromatic rings. The largest absolute Gasteiger partial charge is 0.507 e. The van der Waals surface area contributed by atoms with Crippen molar-refractivity contribution in [2.24, 2.45) is 0 Å². The average molecular weight is 337 g/mol. The number of aliphatic hydroxyl groups is 1. The molecule has 1 aromatic carbocycles. The highest BCUT2D eigenvalue weighted by Gasteiger charge is 2.13. The number of hydrogen-bond donors (Lipinski definition) is 3. The van der Waals surface area contributed by atoms with Crippen LogP contribution in [0.25, 0.3) is 0 Å². The molecule has 3 N–H and O–H groups in total. The summed E-state index contributed by atoms with van der Waals surface area (Å²) in [5.74, 6) is -0.557. The minimum absolute atomic E-state index is 0.0539. The maximum absolute atomic E-state index is 11.9. The molecule has 0 aliphatic rings. The predicted octanol–water partition coefficient (Wildman–Crippen LogP) is 2.01. The summed E-state index contributed by atoms with van der Waals surface area (Å²) in [4.78, 5) is 15.8. The van der Waals surface area contributed by atoms with Crippen LogP contribution in [0.5, 0.6) is 5.75 Å². The van der Waals surface area contributed by atoms with Crippen molar-refractivity contribution in [3.05, 3.63) is 58.3 Å². The lowest BCUT2D eigenvalue weighted by Gasteiger charge is -2.12. The van der Waals surface area contributed by atoms with Gasteiger partial charge in [0, 0.05) is 23.4 Å². The van der Waals surface area contributed by atoms with Gasteiger partial charge in [0.25, 0.3) is 5.91 Å². The summed E-state index contributed by atoms with van der Waals surface area (Å²) in [5, 5.41) is 22.2. The number of phenolic OH excluding ortho intramolecular Hbond substituents is 1. The fourth-order valence-corrected chi connectivity index (χ4v) is 2.03. The zero-order valence-corrected chi connectivity index (χ0v) is 12.0. The number of nitrogens with one attached hydrogen (secondary N) is 1. The number of pyridine rings is 1. The van der Waals surface area contributed by atoms with Crippen LogP contribution >= 0.6 is 15.9 Å². The summed E-state index contributed by atoms with van der Waals surface area (Å²) in [5.41, 5.74) is 0.829. The van der Waals surface area contributed by atoms with E-state index in [2.05, 4.69) is 26.2 Å². The van der Waals surface area contributed by atoms with Crippen LogP contribution in [0.15, 0.2) is 47.2 Å². The Bertz CT molecular complexity index is 605. The van der Waals surface area contributed by atoms with Gasteiger partial charge in [0.05, 0.1) is 11.7 Å². The van der Waals surface area contributed by atoms with E-state index in [1.807, 2.05) is 0 Å². The highest BCUT2D eigenvalue weighted by Crippen LogP contribution is 2.22. The van der Waals surface area contributed by atoms with Crippen molar-refractivity contribution in [1.29, 1.82) is 0 Å². The van der Waals surface area contributed by atoms with Crippen LogP contribution < -0.4 is 5.32 Å². The number of aromatic hydroxyl groups is 1. The molecule has 0 aliphatic heterocycles. The first-order valence-corrected chi connectivity index (χ1v) is 6.72. The third-order valence-electron chi connectivity index (χ3n) is 2.75. The highest BCUT2D eigenvalue weighted by molar-refractivity contribution is 9.10. The van der Waals surface area contributed by atoms with Crippen LogP contribution in [0.2, 0.25) is 0 Å². The quantitative estimate of drug-likeness (QED) is 0.797. The Labute approximate surface area is 124 Å². The fourth-order valence-electron chi connectivity index (χ4n) is 1.68. The van der Waals surface area contributed by atoms with Gasteiger partial charge in [0.1, 0.15) is 5.75 Å². The van der Waals surface area contributed by atoms with Crippen LogP contribution in [0.4, 0.5) is 0 Å². The van der Waals surface area contributed by atoms with Crippen molar-refractivity contribution >= 4 is 21.8 Å². The molecule has 1 atom stereocenters. The molecule has 0 spiro atoms. The maximum Gasteiger partial charge on any atom is 0.255 e. The lowest BCUT2D eigenvalue weighted by molar-refractivity contribution is 0.0913. The molecule has 0 bridgehead atoms. The second kappa shape index (κ2) is 6.49. The van der Waals surface area contributed by atoms with Gasteiger partial charge in [-0.25, -0.2) is 0 Å². The van der Waals surface area contributed by atoms with Crippen molar-refractivity contribution in [1.82, 2.24) is 10.3 Å². The number of aliphatic hydroxyl groups excluding tert-OH is 1. The molecule has 0 fully saturated rings. The predicted molar refractivity (Wildman–Crippen MR) is 77.3 cm³/mol. The summed E-state index contributed by atoms with van der Waals surface area (Å²) in [7, 11) is 0. The molecule has 0 radical (unpaired) electrons. The monoisotopic (exact) mass is 336 g/mol. The molecule has 0 saturated carbocycles. The number of nitrogens with zero attached hydrogens (tertiary/aromatic N) is 1. The Hall–Kier alpha value is -1.92. The highest BCUT2D eigenvalue weighted by atomic mass is 79.9. The van der Waals surface area contributed by atoms with E-state index in [1.54, 1.807) is 30.6 Å². The SMILES string of the molecule is O=C(NCC(O)c1ccncc1)c1ccc(Br)cc1O. The smallest absolute Gasteiger partial charge is 0.255 e. The molecule has 1 amide bonds. The van der Waals surface area contributed by atoms with Gasteiger partial charge in [-0.3, -0.25) is 9.78 Å². The van der Waals surface area contributed by atoms with E-state index in [0.29, 0.717) is 10.0 Å². The first kappa shape index (κ1) is 14.5. The first-order valence-electron chi connectivity index (χ1n) is 5.92. The molecule has 0 saturated heterocycles. The molecule has 1 unspecified atom stereocenters. The lowest BCUT2D eigenvalue weighted by atomic mass is 10.1. The van der Waals surface area contributed by atoms with Crippen LogP contribution in [0.3, 0.4) is 0 Å². The number of carbonyl (C=O) groups excluding carboxylic acids is 1. The van der Waals surface area contributed by atoms with Crippen LogP contribution in [-0.2, 0) is 0 Å². The third kappa shape index (κ3) is 3.55. The Morgan fingerprint density at radius 1 is 1.30 bits per heavy atom. The molecule has 20 heavy (non-hydrogen) atoms. The molecule has 6 heteroatoms. The van der Waals surface area contributed by atoms with Crippen LogP contribution in [0.1, 0.15) is 22.0 Å². The van der Waals surface area contributed by atoms with Gasteiger partial charge in [0.15, 0.2) is 0 Å². The zero-order chi connectivity index (χ0) is 14.5. The van der Waals surface area contributed by atoms with Gasteiger partial charge in [0.2, 0.25) is 0 Å². The molecule has 0 aliphatic carbocycles. The molecular formula is C14H13BrN2O3. The van der Waals surface area contributed by atoms with Crippen molar-refractivity contribution in [3.8, 4) is 5.75 Å². The minimum atomic E-state index is -0.820. The molecule has 5 nitrogen and oxygen atoms in total. The first-order chi connectivity index (χ1) is 9.58. The zero-order valence-electron chi connectivity index (χ0n) is 10.5. The normalized spacial score (nSPS) is 11.9. The van der Waals surface area contributed by atoms with Gasteiger partial charge in [-0.15, -0.1) is 0 Å². The van der Waals surface area contributed by atoms with Gasteiger partial charge < -0.3 is 15.5 Å². The van der Waals surface area contributed by atoms with Crippen molar-refractivity contribution < 1.29 is 15.0 Å². The number of phenols is 1.